The average molecular weight is 259 g/mol. The molecule has 0 spiro atoms. The predicted octanol–water partition coefficient (Wildman–Crippen LogP) is 2.04. The maximum Gasteiger partial charge on any atom is 0.195 e. The van der Waals surface area contributed by atoms with Gasteiger partial charge in [-0.05, 0) is 24.4 Å². The van der Waals surface area contributed by atoms with Gasteiger partial charge in [-0.25, -0.2) is 0 Å². The lowest BCUT2D eigenvalue weighted by Gasteiger charge is -2.03. The number of hydrogen-bond donors (Lipinski definition) is 1. The summed E-state index contributed by atoms with van der Waals surface area (Å²) in [7, 11) is 0. The molecule has 18 heavy (non-hydrogen) atoms. The van der Waals surface area contributed by atoms with Gasteiger partial charge in [0.05, 0.1) is 6.54 Å². The van der Waals surface area contributed by atoms with Crippen LogP contribution in [0.15, 0.2) is 41.2 Å². The van der Waals surface area contributed by atoms with Gasteiger partial charge in [0.15, 0.2) is 10.6 Å². The van der Waals surface area contributed by atoms with Crippen LogP contribution in [-0.2, 0) is 6.54 Å². The summed E-state index contributed by atoms with van der Waals surface area (Å²) < 4.78 is 7.16. The largest absolute Gasteiger partial charge is 0.364 e. The Hall–Kier alpha value is -2.28. The maximum absolute atomic E-state index is 5.20. The predicted molar refractivity (Wildman–Crippen MR) is 66.2 cm³/mol. The van der Waals surface area contributed by atoms with E-state index >= 15 is 0 Å². The highest BCUT2D eigenvalue weighted by Gasteiger charge is 2.11. The molecule has 6 nitrogen and oxygen atoms in total. The molecule has 0 amide bonds. The van der Waals surface area contributed by atoms with Crippen LogP contribution in [0, 0.1) is 4.77 Å². The van der Waals surface area contributed by atoms with Gasteiger partial charge in [0.25, 0.3) is 0 Å². The molecule has 0 unspecified atom stereocenters. The van der Waals surface area contributed by atoms with E-state index in [1.165, 1.54) is 6.26 Å². The smallest absolute Gasteiger partial charge is 0.195 e. The number of hydrogen-bond acceptors (Lipinski definition) is 5. The number of aromatic amines is 1. The van der Waals surface area contributed by atoms with Crippen LogP contribution in [0.2, 0.25) is 0 Å². The van der Waals surface area contributed by atoms with Crippen LogP contribution in [0.3, 0.4) is 0 Å². The van der Waals surface area contributed by atoms with Gasteiger partial charge in [-0.15, -0.1) is 0 Å². The Morgan fingerprint density at radius 1 is 1.33 bits per heavy atom. The Morgan fingerprint density at radius 3 is 3.00 bits per heavy atom. The normalized spacial score (nSPS) is 10.7. The monoisotopic (exact) mass is 259 g/mol. The second-order valence-corrected chi connectivity index (χ2v) is 4.03. The Kier molecular flexibility index (Phi) is 2.73. The maximum atomic E-state index is 5.20. The first kappa shape index (κ1) is 10.8. The molecule has 0 radical (unpaired) electrons. The fraction of sp³-hybridized carbons (Fsp3) is 0.0909. The Bertz CT molecular complexity index is 686. The summed E-state index contributed by atoms with van der Waals surface area (Å²) >= 11 is 5.20. The first-order valence-corrected chi connectivity index (χ1v) is 5.71. The van der Waals surface area contributed by atoms with Gasteiger partial charge >= 0.3 is 0 Å². The minimum Gasteiger partial charge on any atom is -0.364 e. The zero-order valence-electron chi connectivity index (χ0n) is 9.28. The molecule has 7 heteroatoms. The van der Waals surface area contributed by atoms with Crippen LogP contribution in [-0.4, -0.2) is 24.9 Å². The molecule has 0 aliphatic carbocycles. The van der Waals surface area contributed by atoms with Gasteiger partial charge in [0, 0.05) is 12.3 Å². The van der Waals surface area contributed by atoms with Crippen LogP contribution in [0.1, 0.15) is 5.69 Å². The lowest BCUT2D eigenvalue weighted by Crippen LogP contribution is -2.03. The van der Waals surface area contributed by atoms with E-state index in [1.807, 2.05) is 22.8 Å². The summed E-state index contributed by atoms with van der Waals surface area (Å²) in [6.07, 6.45) is 3.24. The van der Waals surface area contributed by atoms with E-state index in [0.717, 1.165) is 11.4 Å². The summed E-state index contributed by atoms with van der Waals surface area (Å²) in [5.74, 6) is 0.684. The third kappa shape index (κ3) is 1.95. The molecule has 3 rings (SSSR count). The number of aromatic nitrogens is 5. The number of H-pyrrole nitrogens is 1. The molecule has 0 saturated carbocycles. The van der Waals surface area contributed by atoms with Crippen molar-refractivity contribution < 1.29 is 4.52 Å². The summed E-state index contributed by atoms with van der Waals surface area (Å²) in [6.45, 7) is 0.498. The standard InChI is InChI=1S/C11H9N5OS/c18-11-14-13-10(9-3-1-2-5-12-9)16(11)7-8-4-6-17-15-8/h1-6H,7H2,(H,14,18). The fourth-order valence-corrected chi connectivity index (χ4v) is 1.83. The van der Waals surface area contributed by atoms with Crippen LogP contribution in [0.25, 0.3) is 11.5 Å². The van der Waals surface area contributed by atoms with Crippen molar-refractivity contribution in [3.63, 3.8) is 0 Å². The van der Waals surface area contributed by atoms with E-state index < -0.39 is 0 Å². The first-order chi connectivity index (χ1) is 8.84. The summed E-state index contributed by atoms with van der Waals surface area (Å²) in [5, 5.41) is 10.8. The third-order valence-electron chi connectivity index (χ3n) is 2.46. The van der Waals surface area contributed by atoms with Crippen molar-refractivity contribution in [3.05, 3.63) is 47.2 Å². The highest BCUT2D eigenvalue weighted by molar-refractivity contribution is 7.71. The lowest BCUT2D eigenvalue weighted by molar-refractivity contribution is 0.409. The molecule has 3 heterocycles. The van der Waals surface area contributed by atoms with Gasteiger partial charge < -0.3 is 4.52 Å². The van der Waals surface area contributed by atoms with Crippen molar-refractivity contribution in [2.45, 2.75) is 6.54 Å². The second kappa shape index (κ2) is 4.53. The first-order valence-electron chi connectivity index (χ1n) is 5.30. The van der Waals surface area contributed by atoms with Crippen LogP contribution >= 0.6 is 12.2 Å². The van der Waals surface area contributed by atoms with E-state index in [9.17, 15) is 0 Å². The zero-order valence-corrected chi connectivity index (χ0v) is 10.1. The van der Waals surface area contributed by atoms with E-state index in [-0.39, 0.29) is 0 Å². The summed E-state index contributed by atoms with van der Waals surface area (Å²) in [4.78, 5) is 4.26. The van der Waals surface area contributed by atoms with Crippen molar-refractivity contribution >= 4 is 12.2 Å². The van der Waals surface area contributed by atoms with Crippen LogP contribution in [0.4, 0.5) is 0 Å². The van der Waals surface area contributed by atoms with Crippen molar-refractivity contribution in [1.82, 2.24) is 24.9 Å². The molecule has 0 saturated heterocycles. The number of nitrogens with one attached hydrogen (secondary N) is 1. The molecule has 0 bridgehead atoms. The fourth-order valence-electron chi connectivity index (χ4n) is 1.64. The van der Waals surface area contributed by atoms with Crippen molar-refractivity contribution in [3.8, 4) is 11.5 Å². The van der Waals surface area contributed by atoms with Crippen molar-refractivity contribution in [1.29, 1.82) is 0 Å². The molecule has 3 aromatic heterocycles. The Labute approximate surface area is 107 Å². The number of nitrogens with zero attached hydrogens (tertiary/aromatic N) is 4. The molecule has 0 aliphatic rings. The molecule has 0 aromatic carbocycles. The van der Waals surface area contributed by atoms with Crippen LogP contribution in [0.5, 0.6) is 0 Å². The van der Waals surface area contributed by atoms with Gasteiger partial charge in [0.1, 0.15) is 17.7 Å². The zero-order chi connectivity index (χ0) is 12.4. The average Bonchev–Trinajstić information content (AvgIpc) is 3.03. The summed E-state index contributed by atoms with van der Waals surface area (Å²) in [5.41, 5.74) is 1.54. The molecule has 0 atom stereocenters. The molecule has 1 N–H and O–H groups in total. The molecular weight excluding hydrogens is 250 g/mol. The lowest BCUT2D eigenvalue weighted by atomic mass is 10.3. The minimum absolute atomic E-state index is 0.498. The van der Waals surface area contributed by atoms with E-state index in [2.05, 4.69) is 20.3 Å². The van der Waals surface area contributed by atoms with Crippen LogP contribution < -0.4 is 0 Å². The number of rotatable bonds is 3. The topological polar surface area (TPSA) is 72.5 Å². The quantitative estimate of drug-likeness (QED) is 0.729. The second-order valence-electron chi connectivity index (χ2n) is 3.64. The molecular formula is C11H9N5OS. The van der Waals surface area contributed by atoms with Gasteiger partial charge in [0.2, 0.25) is 0 Å². The molecule has 0 fully saturated rings. The third-order valence-corrected chi connectivity index (χ3v) is 2.78. The molecule has 90 valence electrons. The SMILES string of the molecule is S=c1[nH]nc(-c2ccccn2)n1Cc1ccon1. The van der Waals surface area contributed by atoms with Crippen molar-refractivity contribution in [2.24, 2.45) is 0 Å². The molecule has 3 aromatic rings. The van der Waals surface area contributed by atoms with E-state index in [4.69, 9.17) is 16.7 Å². The van der Waals surface area contributed by atoms with E-state index in [0.29, 0.717) is 17.1 Å². The Morgan fingerprint density at radius 2 is 2.28 bits per heavy atom. The van der Waals surface area contributed by atoms with E-state index in [1.54, 1.807) is 12.3 Å². The Balaban J connectivity index is 2.04. The molecule has 0 aliphatic heterocycles. The van der Waals surface area contributed by atoms with Crippen molar-refractivity contribution in [2.75, 3.05) is 0 Å². The van der Waals surface area contributed by atoms with Gasteiger partial charge in [-0.1, -0.05) is 11.2 Å². The van der Waals surface area contributed by atoms with Gasteiger partial charge in [-0.3, -0.25) is 14.6 Å². The minimum atomic E-state index is 0.498. The van der Waals surface area contributed by atoms with Gasteiger partial charge in [-0.2, -0.15) is 5.10 Å². The summed E-state index contributed by atoms with van der Waals surface area (Å²) in [6, 6.07) is 7.43. The highest BCUT2D eigenvalue weighted by atomic mass is 32.1. The highest BCUT2D eigenvalue weighted by Crippen LogP contribution is 2.15. The number of pyridine rings is 1.